The molecule has 0 radical (unpaired) electrons. The molecule has 0 aliphatic heterocycles. The van der Waals surface area contributed by atoms with Crippen LogP contribution in [0.4, 0.5) is 0 Å². The summed E-state index contributed by atoms with van der Waals surface area (Å²) in [4.78, 5) is 14.7. The molecule has 0 saturated heterocycles. The van der Waals surface area contributed by atoms with Gasteiger partial charge in [0.1, 0.15) is 0 Å². The molecule has 49 heavy (non-hydrogen) atoms. The second kappa shape index (κ2) is 12.2. The van der Waals surface area contributed by atoms with Crippen LogP contribution in [0.2, 0.25) is 0 Å². The maximum Gasteiger partial charge on any atom is 0.164 e. The summed E-state index contributed by atoms with van der Waals surface area (Å²) in [5.74, 6) is 1.95. The third-order valence-electron chi connectivity index (χ3n) is 9.06. The van der Waals surface area contributed by atoms with Gasteiger partial charge in [-0.25, -0.2) is 15.0 Å². The largest absolute Gasteiger partial charge is 0.309 e. The zero-order chi connectivity index (χ0) is 32.6. The highest BCUT2D eigenvalue weighted by molar-refractivity contribution is 6.10. The molecule has 7 aromatic carbocycles. The highest BCUT2D eigenvalue weighted by Gasteiger charge is 2.15. The van der Waals surface area contributed by atoms with Gasteiger partial charge in [0.2, 0.25) is 0 Å². The molecule has 0 atom stereocenters. The Kier molecular flexibility index (Phi) is 7.10. The molecule has 4 heteroatoms. The second-order valence-electron chi connectivity index (χ2n) is 12.1. The first-order valence-electron chi connectivity index (χ1n) is 16.5. The van der Waals surface area contributed by atoms with Crippen molar-refractivity contribution in [1.82, 2.24) is 19.5 Å². The first kappa shape index (κ1) is 28.6. The Bertz CT molecular complexity index is 2520. The Morgan fingerprint density at radius 1 is 0.286 bits per heavy atom. The predicted molar refractivity (Wildman–Crippen MR) is 201 cm³/mol. The van der Waals surface area contributed by atoms with Crippen LogP contribution in [0.15, 0.2) is 182 Å². The van der Waals surface area contributed by atoms with E-state index in [0.717, 1.165) is 33.5 Å². The van der Waals surface area contributed by atoms with Gasteiger partial charge >= 0.3 is 0 Å². The zero-order valence-corrected chi connectivity index (χ0v) is 26.6. The van der Waals surface area contributed by atoms with Crippen molar-refractivity contribution in [2.45, 2.75) is 0 Å². The normalized spacial score (nSPS) is 11.3. The van der Waals surface area contributed by atoms with Crippen LogP contribution in [0.25, 0.3) is 83.9 Å². The highest BCUT2D eigenvalue weighted by Crippen LogP contribution is 2.36. The van der Waals surface area contributed by atoms with Crippen molar-refractivity contribution >= 4 is 21.8 Å². The van der Waals surface area contributed by atoms with E-state index in [1.54, 1.807) is 0 Å². The van der Waals surface area contributed by atoms with E-state index in [4.69, 9.17) is 15.0 Å². The Morgan fingerprint density at radius 2 is 0.735 bits per heavy atom. The Morgan fingerprint density at radius 3 is 1.39 bits per heavy atom. The molecule has 0 amide bonds. The van der Waals surface area contributed by atoms with E-state index < -0.39 is 0 Å². The molecule has 0 aliphatic carbocycles. The third kappa shape index (κ3) is 5.35. The second-order valence-corrected chi connectivity index (χ2v) is 12.1. The molecule has 0 spiro atoms. The molecular formula is C45H30N4. The number of aromatic nitrogens is 4. The Labute approximate surface area is 284 Å². The van der Waals surface area contributed by atoms with Crippen LogP contribution in [0.5, 0.6) is 0 Å². The maximum absolute atomic E-state index is 4.94. The summed E-state index contributed by atoms with van der Waals surface area (Å²) in [6.45, 7) is 0. The molecule has 9 aromatic rings. The van der Waals surface area contributed by atoms with Gasteiger partial charge in [0.25, 0.3) is 0 Å². The lowest BCUT2D eigenvalue weighted by Crippen LogP contribution is -2.00. The van der Waals surface area contributed by atoms with E-state index in [1.807, 2.05) is 60.7 Å². The van der Waals surface area contributed by atoms with Gasteiger partial charge < -0.3 is 4.57 Å². The molecule has 2 aromatic heterocycles. The molecule has 0 fully saturated rings. The van der Waals surface area contributed by atoms with Crippen LogP contribution in [-0.2, 0) is 0 Å². The molecule has 0 bridgehead atoms. The van der Waals surface area contributed by atoms with Crippen molar-refractivity contribution in [1.29, 1.82) is 0 Å². The van der Waals surface area contributed by atoms with Gasteiger partial charge in [-0.2, -0.15) is 0 Å². The summed E-state index contributed by atoms with van der Waals surface area (Å²) in [7, 11) is 0. The smallest absolute Gasteiger partial charge is 0.164 e. The summed E-state index contributed by atoms with van der Waals surface area (Å²) in [5, 5.41) is 2.49. The third-order valence-corrected chi connectivity index (χ3v) is 9.06. The van der Waals surface area contributed by atoms with Gasteiger partial charge in [0.05, 0.1) is 11.0 Å². The van der Waals surface area contributed by atoms with E-state index in [0.29, 0.717) is 17.5 Å². The van der Waals surface area contributed by atoms with Crippen molar-refractivity contribution in [3.05, 3.63) is 182 Å². The SMILES string of the molecule is c1ccc(-c2ccc3c4ccccc4n(-c4ccc(-c5cccc(-c6nc(-c7ccccc7)nc(-c7ccccc7)n6)c5)cc4)c3c2)cc1. The zero-order valence-electron chi connectivity index (χ0n) is 26.6. The topological polar surface area (TPSA) is 43.6 Å². The minimum Gasteiger partial charge on any atom is -0.309 e. The summed E-state index contributed by atoms with van der Waals surface area (Å²) in [6.07, 6.45) is 0. The summed E-state index contributed by atoms with van der Waals surface area (Å²) < 4.78 is 2.37. The predicted octanol–water partition coefficient (Wildman–Crippen LogP) is 11.3. The average molecular weight is 627 g/mol. The number of para-hydroxylation sites is 1. The Balaban J connectivity index is 1.12. The van der Waals surface area contributed by atoms with E-state index in [1.165, 1.54) is 32.9 Å². The molecule has 4 nitrogen and oxygen atoms in total. The van der Waals surface area contributed by atoms with Crippen molar-refractivity contribution < 1.29 is 0 Å². The van der Waals surface area contributed by atoms with Crippen LogP contribution >= 0.6 is 0 Å². The number of benzene rings is 7. The van der Waals surface area contributed by atoms with Gasteiger partial charge in [-0.1, -0.05) is 152 Å². The molecule has 9 rings (SSSR count). The van der Waals surface area contributed by atoms with E-state index in [2.05, 4.69) is 126 Å². The van der Waals surface area contributed by atoms with Crippen molar-refractivity contribution in [2.75, 3.05) is 0 Å². The molecule has 0 N–H and O–H groups in total. The van der Waals surface area contributed by atoms with Crippen LogP contribution in [0.3, 0.4) is 0 Å². The lowest BCUT2D eigenvalue weighted by molar-refractivity contribution is 1.07. The van der Waals surface area contributed by atoms with Crippen molar-refractivity contribution in [2.24, 2.45) is 0 Å². The number of hydrogen-bond acceptors (Lipinski definition) is 3. The molecule has 2 heterocycles. The highest BCUT2D eigenvalue weighted by atomic mass is 15.0. The molecule has 230 valence electrons. The van der Waals surface area contributed by atoms with Crippen molar-refractivity contribution in [3.63, 3.8) is 0 Å². The van der Waals surface area contributed by atoms with Gasteiger partial charge in [0.15, 0.2) is 17.5 Å². The monoisotopic (exact) mass is 626 g/mol. The van der Waals surface area contributed by atoms with E-state index >= 15 is 0 Å². The van der Waals surface area contributed by atoms with Gasteiger partial charge in [-0.05, 0) is 52.6 Å². The fourth-order valence-electron chi connectivity index (χ4n) is 6.64. The molecule has 0 saturated carbocycles. The lowest BCUT2D eigenvalue weighted by atomic mass is 10.0. The van der Waals surface area contributed by atoms with Crippen LogP contribution < -0.4 is 0 Å². The number of fused-ring (bicyclic) bond motifs is 3. The summed E-state index contributed by atoms with van der Waals surface area (Å²) >= 11 is 0. The fourth-order valence-corrected chi connectivity index (χ4v) is 6.64. The number of nitrogens with zero attached hydrogens (tertiary/aromatic N) is 4. The van der Waals surface area contributed by atoms with E-state index in [9.17, 15) is 0 Å². The summed E-state index contributed by atoms with van der Waals surface area (Å²) in [6, 6.07) is 63.5. The number of rotatable bonds is 6. The van der Waals surface area contributed by atoms with Gasteiger partial charge in [0, 0.05) is 33.2 Å². The molecule has 0 unspecified atom stereocenters. The first-order valence-corrected chi connectivity index (χ1v) is 16.5. The number of hydrogen-bond donors (Lipinski definition) is 0. The molecular weight excluding hydrogens is 597 g/mol. The van der Waals surface area contributed by atoms with Crippen molar-refractivity contribution in [3.8, 4) is 62.1 Å². The quantitative estimate of drug-likeness (QED) is 0.184. The molecule has 0 aliphatic rings. The maximum atomic E-state index is 4.94. The first-order chi connectivity index (χ1) is 24.3. The average Bonchev–Trinajstić information content (AvgIpc) is 3.52. The lowest BCUT2D eigenvalue weighted by Gasteiger charge is -2.11. The minimum atomic E-state index is 0.644. The Hall–Kier alpha value is -6.65. The summed E-state index contributed by atoms with van der Waals surface area (Å²) in [5.41, 5.74) is 11.0. The van der Waals surface area contributed by atoms with E-state index in [-0.39, 0.29) is 0 Å². The van der Waals surface area contributed by atoms with Gasteiger partial charge in [-0.3, -0.25) is 0 Å². The van der Waals surface area contributed by atoms with Crippen LogP contribution in [-0.4, -0.2) is 19.5 Å². The van der Waals surface area contributed by atoms with Crippen LogP contribution in [0.1, 0.15) is 0 Å². The fraction of sp³-hybridized carbons (Fsp3) is 0. The standard InChI is InChI=1S/C45H30N4/c1-4-13-31(14-5-1)36-25-28-40-39-21-10-11-22-41(39)49(42(40)30-36)38-26-23-32(24-27-38)35-19-12-20-37(29-35)45-47-43(33-15-6-2-7-16-33)46-44(48-45)34-17-8-3-9-18-34/h1-30H. The minimum absolute atomic E-state index is 0.644. The van der Waals surface area contributed by atoms with Crippen LogP contribution in [0, 0.1) is 0 Å². The van der Waals surface area contributed by atoms with Gasteiger partial charge in [-0.15, -0.1) is 0 Å².